The molecule has 3 heteroatoms. The summed E-state index contributed by atoms with van der Waals surface area (Å²) in [6, 6.07) is 55.1. The lowest BCUT2D eigenvalue weighted by Crippen LogP contribution is -2.33. The molecule has 1 nitrogen and oxygen atoms in total. The molecule has 46 heavy (non-hydrogen) atoms. The Hall–Kier alpha value is -5.08. The Bertz CT molecular complexity index is 2440. The summed E-state index contributed by atoms with van der Waals surface area (Å²) in [7, 11) is 0. The molecular formula is C43H25Cl2N. The van der Waals surface area contributed by atoms with Gasteiger partial charge in [-0.1, -0.05) is 126 Å². The molecule has 1 aliphatic heterocycles. The highest BCUT2D eigenvalue weighted by Gasteiger charge is 2.51. The summed E-state index contributed by atoms with van der Waals surface area (Å²) in [5.74, 6) is 0. The summed E-state index contributed by atoms with van der Waals surface area (Å²) in [5.41, 5.74) is 15.6. The monoisotopic (exact) mass is 625 g/mol. The number of halogens is 2. The minimum atomic E-state index is -0.532. The van der Waals surface area contributed by atoms with Gasteiger partial charge in [-0.2, -0.15) is 0 Å². The Kier molecular flexibility index (Phi) is 5.39. The zero-order chi connectivity index (χ0) is 30.6. The van der Waals surface area contributed by atoms with Gasteiger partial charge in [0.1, 0.15) is 0 Å². The first-order valence-corrected chi connectivity index (χ1v) is 16.3. The molecule has 0 fully saturated rings. The molecule has 2 aliphatic rings. The Morgan fingerprint density at radius 1 is 0.413 bits per heavy atom. The number of rotatable bonds is 2. The minimum Gasteiger partial charge on any atom is -0.309 e. The van der Waals surface area contributed by atoms with Crippen molar-refractivity contribution in [3.8, 4) is 39.1 Å². The minimum absolute atomic E-state index is 0.532. The number of nitrogens with zero attached hydrogens (tertiary/aromatic N) is 1. The van der Waals surface area contributed by atoms with Crippen LogP contribution in [0.2, 0.25) is 10.0 Å². The van der Waals surface area contributed by atoms with Crippen LogP contribution in [0.5, 0.6) is 0 Å². The molecule has 216 valence electrons. The Labute approximate surface area is 276 Å². The second-order valence-corrected chi connectivity index (χ2v) is 13.2. The fraction of sp³-hybridized carbons (Fsp3) is 0.0233. The van der Waals surface area contributed by atoms with Gasteiger partial charge in [-0.25, -0.2) is 0 Å². The normalized spacial score (nSPS) is 13.6. The van der Waals surface area contributed by atoms with Crippen molar-refractivity contribution >= 4 is 45.0 Å². The van der Waals surface area contributed by atoms with Crippen LogP contribution in [0.3, 0.4) is 0 Å². The van der Waals surface area contributed by atoms with Crippen molar-refractivity contribution in [2.45, 2.75) is 5.41 Å². The maximum absolute atomic E-state index is 6.32. The fourth-order valence-corrected chi connectivity index (χ4v) is 8.50. The molecule has 0 radical (unpaired) electrons. The first-order chi connectivity index (χ1) is 22.6. The van der Waals surface area contributed by atoms with Crippen LogP contribution in [-0.2, 0) is 5.41 Å². The number of para-hydroxylation sites is 3. The molecule has 0 saturated carbocycles. The number of hydrogen-bond acceptors (Lipinski definition) is 0. The summed E-state index contributed by atoms with van der Waals surface area (Å²) in [6.07, 6.45) is 0. The molecule has 0 N–H and O–H groups in total. The lowest BCUT2D eigenvalue weighted by atomic mass is 9.65. The quantitative estimate of drug-likeness (QED) is 0.180. The van der Waals surface area contributed by atoms with Crippen LogP contribution >= 0.6 is 23.2 Å². The van der Waals surface area contributed by atoms with E-state index in [4.69, 9.17) is 23.2 Å². The van der Waals surface area contributed by atoms with Gasteiger partial charge >= 0.3 is 0 Å². The SMILES string of the molecule is Clc1ccc(-c2ccc3c(c2)C2(c4cc(-c5ccc(Cl)cc5)ccc4-3)c3ccccc3-n3c4ccccc4c4cccc2c43)cc1. The highest BCUT2D eigenvalue weighted by atomic mass is 35.5. The van der Waals surface area contributed by atoms with Gasteiger partial charge in [0.15, 0.2) is 0 Å². The lowest BCUT2D eigenvalue weighted by Gasteiger charge is -2.40. The van der Waals surface area contributed by atoms with Crippen LogP contribution < -0.4 is 0 Å². The summed E-state index contributed by atoms with van der Waals surface area (Å²) in [6.45, 7) is 0. The van der Waals surface area contributed by atoms with Crippen molar-refractivity contribution in [3.63, 3.8) is 0 Å². The largest absolute Gasteiger partial charge is 0.309 e. The number of aromatic nitrogens is 1. The Morgan fingerprint density at radius 3 is 1.59 bits per heavy atom. The highest BCUT2D eigenvalue weighted by Crippen LogP contribution is 2.61. The van der Waals surface area contributed by atoms with E-state index in [1.165, 1.54) is 72.0 Å². The van der Waals surface area contributed by atoms with Crippen LogP contribution in [-0.4, -0.2) is 4.57 Å². The molecule has 8 aromatic rings. The highest BCUT2D eigenvalue weighted by molar-refractivity contribution is 6.31. The molecule has 10 rings (SSSR count). The summed E-state index contributed by atoms with van der Waals surface area (Å²) >= 11 is 12.6. The van der Waals surface area contributed by atoms with E-state index in [2.05, 4.69) is 132 Å². The second kappa shape index (κ2) is 9.47. The maximum Gasteiger partial charge on any atom is 0.0754 e. The number of benzene rings is 7. The van der Waals surface area contributed by atoms with Gasteiger partial charge in [0.05, 0.1) is 22.1 Å². The van der Waals surface area contributed by atoms with Gasteiger partial charge in [0.2, 0.25) is 0 Å². The third-order valence-corrected chi connectivity index (χ3v) is 10.6. The molecule has 0 saturated heterocycles. The van der Waals surface area contributed by atoms with Gasteiger partial charge in [0.25, 0.3) is 0 Å². The first-order valence-electron chi connectivity index (χ1n) is 15.6. The van der Waals surface area contributed by atoms with E-state index < -0.39 is 5.41 Å². The molecule has 0 atom stereocenters. The predicted molar refractivity (Wildman–Crippen MR) is 193 cm³/mol. The van der Waals surface area contributed by atoms with Crippen molar-refractivity contribution in [3.05, 3.63) is 184 Å². The van der Waals surface area contributed by atoms with Crippen molar-refractivity contribution in [1.29, 1.82) is 0 Å². The molecule has 1 spiro atoms. The molecule has 0 amide bonds. The zero-order valence-electron chi connectivity index (χ0n) is 24.6. The molecule has 0 bridgehead atoms. The summed E-state index contributed by atoms with van der Waals surface area (Å²) < 4.78 is 2.49. The van der Waals surface area contributed by atoms with Crippen molar-refractivity contribution in [2.75, 3.05) is 0 Å². The smallest absolute Gasteiger partial charge is 0.0754 e. The molecule has 1 aliphatic carbocycles. The molecule has 1 aromatic heterocycles. The van der Waals surface area contributed by atoms with E-state index in [0.717, 1.165) is 21.2 Å². The van der Waals surface area contributed by atoms with Gasteiger partial charge in [-0.05, 0) is 104 Å². The number of hydrogen-bond donors (Lipinski definition) is 0. The third kappa shape index (κ3) is 3.37. The van der Waals surface area contributed by atoms with Gasteiger partial charge in [-0.15, -0.1) is 0 Å². The number of fused-ring (bicyclic) bond motifs is 12. The van der Waals surface area contributed by atoms with Crippen LogP contribution in [0.1, 0.15) is 22.3 Å². The molecular weight excluding hydrogens is 601 g/mol. The van der Waals surface area contributed by atoms with Crippen LogP contribution in [0.15, 0.2) is 152 Å². The third-order valence-electron chi connectivity index (χ3n) is 10.1. The summed E-state index contributed by atoms with van der Waals surface area (Å²) in [5, 5.41) is 4.03. The van der Waals surface area contributed by atoms with E-state index in [-0.39, 0.29) is 0 Å². The first kappa shape index (κ1) is 26.2. The van der Waals surface area contributed by atoms with E-state index in [1.807, 2.05) is 24.3 Å². The lowest BCUT2D eigenvalue weighted by molar-refractivity contribution is 0.749. The van der Waals surface area contributed by atoms with Crippen LogP contribution in [0.4, 0.5) is 0 Å². The van der Waals surface area contributed by atoms with E-state index in [0.29, 0.717) is 0 Å². The van der Waals surface area contributed by atoms with Crippen molar-refractivity contribution in [1.82, 2.24) is 4.57 Å². The van der Waals surface area contributed by atoms with Gasteiger partial charge < -0.3 is 4.57 Å². The average molecular weight is 627 g/mol. The zero-order valence-corrected chi connectivity index (χ0v) is 26.1. The van der Waals surface area contributed by atoms with E-state index in [9.17, 15) is 0 Å². The van der Waals surface area contributed by atoms with Crippen LogP contribution in [0, 0.1) is 0 Å². The predicted octanol–water partition coefficient (Wildman–Crippen LogP) is 12.1. The maximum atomic E-state index is 6.32. The van der Waals surface area contributed by atoms with Crippen molar-refractivity contribution < 1.29 is 0 Å². The van der Waals surface area contributed by atoms with Crippen LogP contribution in [0.25, 0.3) is 60.9 Å². The average Bonchev–Trinajstić information content (AvgIpc) is 3.59. The van der Waals surface area contributed by atoms with E-state index in [1.54, 1.807) is 0 Å². The molecule has 2 heterocycles. The second-order valence-electron chi connectivity index (χ2n) is 12.4. The summed E-state index contributed by atoms with van der Waals surface area (Å²) in [4.78, 5) is 0. The van der Waals surface area contributed by atoms with Crippen molar-refractivity contribution in [2.24, 2.45) is 0 Å². The fourth-order valence-electron chi connectivity index (χ4n) is 8.25. The molecule has 0 unspecified atom stereocenters. The topological polar surface area (TPSA) is 4.93 Å². The Balaban J connectivity index is 1.38. The Morgan fingerprint density at radius 2 is 0.935 bits per heavy atom. The van der Waals surface area contributed by atoms with Gasteiger partial charge in [-0.3, -0.25) is 0 Å². The van der Waals surface area contributed by atoms with Gasteiger partial charge in [0, 0.05) is 20.8 Å². The molecule has 7 aromatic carbocycles. The van der Waals surface area contributed by atoms with E-state index >= 15 is 0 Å². The standard InChI is InChI=1S/C43H25Cl2N/c44-30-18-12-26(13-19-30)28-16-22-32-33-23-17-29(27-14-20-31(45)21-15-27)25-39(33)43(38(32)24-28)36-8-2-4-11-41(36)46-40-10-3-1-6-34(40)35-7-5-9-37(43)42(35)46/h1-25H.